The van der Waals surface area contributed by atoms with Crippen LogP contribution in [0.1, 0.15) is 39.5 Å². The molecular formula is C36H32IN11O2. The first-order valence-corrected chi connectivity index (χ1v) is 16.4. The molecule has 0 bridgehead atoms. The molecule has 250 valence electrons. The van der Waals surface area contributed by atoms with E-state index in [1.165, 1.54) is 15.2 Å². The molecule has 3 N–H and O–H groups in total. The first kappa shape index (κ1) is 35.2. The van der Waals surface area contributed by atoms with Crippen LogP contribution in [0.2, 0.25) is 0 Å². The number of aromatic nitrogens is 6. The van der Waals surface area contributed by atoms with Gasteiger partial charge in [0.25, 0.3) is 5.69 Å². The molecule has 0 radical (unpaired) electrons. The fourth-order valence-corrected chi connectivity index (χ4v) is 5.76. The Balaban J connectivity index is 0.000000195. The molecule has 0 saturated heterocycles. The van der Waals surface area contributed by atoms with Crippen LogP contribution >= 0.6 is 22.6 Å². The second-order valence-electron chi connectivity index (χ2n) is 11.5. The maximum atomic E-state index is 11.1. The zero-order chi connectivity index (χ0) is 36.1. The number of nitro benzene ring substituents is 1. The number of nitriles is 2. The fraction of sp³-hybridized carbons (Fsp3) is 0.167. The van der Waals surface area contributed by atoms with E-state index in [0.29, 0.717) is 45.8 Å². The highest BCUT2D eigenvalue weighted by Crippen LogP contribution is 2.30. The Morgan fingerprint density at radius 1 is 0.840 bits per heavy atom. The van der Waals surface area contributed by atoms with Crippen molar-refractivity contribution in [1.82, 2.24) is 29.5 Å². The SMILES string of the molecule is Cc1ccc(Nc2nccc(-c3c(C)[nH]c(C#N)c3C)n2)cc1I.Cc1ccc(Nc2nccc(-c3cc(C)n(C)c3C#N)n2)cc1[N+](=O)[O-]. The highest BCUT2D eigenvalue weighted by molar-refractivity contribution is 14.1. The van der Waals surface area contributed by atoms with Crippen LogP contribution in [0.25, 0.3) is 22.5 Å². The summed E-state index contributed by atoms with van der Waals surface area (Å²) in [6.45, 7) is 9.54. The van der Waals surface area contributed by atoms with Crippen molar-refractivity contribution < 1.29 is 4.92 Å². The first-order chi connectivity index (χ1) is 23.9. The predicted molar refractivity (Wildman–Crippen MR) is 200 cm³/mol. The van der Waals surface area contributed by atoms with E-state index in [1.54, 1.807) is 42.1 Å². The summed E-state index contributed by atoms with van der Waals surface area (Å²) in [5.74, 6) is 0.830. The summed E-state index contributed by atoms with van der Waals surface area (Å²) in [5, 5.41) is 35.9. The molecule has 2 aromatic carbocycles. The highest BCUT2D eigenvalue weighted by atomic mass is 127. The molecule has 0 atom stereocenters. The topological polar surface area (TPSA) is 187 Å². The zero-order valence-electron chi connectivity index (χ0n) is 28.1. The van der Waals surface area contributed by atoms with Gasteiger partial charge in [0.15, 0.2) is 0 Å². The summed E-state index contributed by atoms with van der Waals surface area (Å²) in [4.78, 5) is 31.3. The number of hydrogen-bond donors (Lipinski definition) is 3. The Bertz CT molecular complexity index is 2330. The van der Waals surface area contributed by atoms with Gasteiger partial charge in [0.2, 0.25) is 11.9 Å². The lowest BCUT2D eigenvalue weighted by molar-refractivity contribution is -0.385. The smallest absolute Gasteiger partial charge is 0.274 e. The van der Waals surface area contributed by atoms with E-state index in [9.17, 15) is 20.6 Å². The lowest BCUT2D eigenvalue weighted by Crippen LogP contribution is -2.00. The highest BCUT2D eigenvalue weighted by Gasteiger charge is 2.16. The Labute approximate surface area is 302 Å². The van der Waals surface area contributed by atoms with Crippen LogP contribution in [0.3, 0.4) is 0 Å². The third-order valence-electron chi connectivity index (χ3n) is 8.06. The minimum atomic E-state index is -0.427. The number of rotatable bonds is 7. The van der Waals surface area contributed by atoms with E-state index in [4.69, 9.17) is 0 Å². The normalized spacial score (nSPS) is 10.4. The molecule has 0 amide bonds. The van der Waals surface area contributed by atoms with Crippen molar-refractivity contribution in [2.45, 2.75) is 34.6 Å². The van der Waals surface area contributed by atoms with Crippen LogP contribution in [0.4, 0.5) is 29.0 Å². The van der Waals surface area contributed by atoms with E-state index >= 15 is 0 Å². The number of anilines is 4. The van der Waals surface area contributed by atoms with Gasteiger partial charge in [0.1, 0.15) is 23.5 Å². The molecule has 13 nitrogen and oxygen atoms in total. The van der Waals surface area contributed by atoms with Crippen molar-refractivity contribution in [3.05, 3.63) is 120 Å². The van der Waals surface area contributed by atoms with Crippen LogP contribution in [-0.4, -0.2) is 34.4 Å². The van der Waals surface area contributed by atoms with E-state index in [2.05, 4.69) is 89.3 Å². The average Bonchev–Trinajstić information content (AvgIpc) is 3.56. The summed E-state index contributed by atoms with van der Waals surface area (Å²) >= 11 is 2.31. The lowest BCUT2D eigenvalue weighted by Gasteiger charge is -2.08. The number of halogens is 1. The lowest BCUT2D eigenvalue weighted by atomic mass is 10.1. The van der Waals surface area contributed by atoms with Crippen molar-refractivity contribution in [3.63, 3.8) is 0 Å². The van der Waals surface area contributed by atoms with E-state index in [-0.39, 0.29) is 5.69 Å². The molecule has 0 spiro atoms. The molecule has 0 aliphatic carbocycles. The molecule has 0 aliphatic heterocycles. The van der Waals surface area contributed by atoms with Crippen molar-refractivity contribution in [2.24, 2.45) is 7.05 Å². The monoisotopic (exact) mass is 777 g/mol. The Kier molecular flexibility index (Phi) is 10.5. The average molecular weight is 778 g/mol. The molecule has 0 fully saturated rings. The first-order valence-electron chi connectivity index (χ1n) is 15.3. The molecule has 4 aromatic heterocycles. The van der Waals surface area contributed by atoms with Crippen LogP contribution in [0.15, 0.2) is 67.0 Å². The quantitative estimate of drug-likeness (QED) is 0.0810. The van der Waals surface area contributed by atoms with Crippen LogP contribution in [-0.2, 0) is 7.05 Å². The minimum absolute atomic E-state index is 0.0246. The van der Waals surface area contributed by atoms with Crippen molar-refractivity contribution in [1.29, 1.82) is 10.5 Å². The molecule has 6 rings (SSSR count). The van der Waals surface area contributed by atoms with Gasteiger partial charge in [-0.3, -0.25) is 10.1 Å². The number of H-pyrrole nitrogens is 1. The molecule has 0 unspecified atom stereocenters. The Morgan fingerprint density at radius 3 is 2.02 bits per heavy atom. The Hall–Kier alpha value is -6.13. The summed E-state index contributed by atoms with van der Waals surface area (Å²) in [6.07, 6.45) is 3.30. The maximum absolute atomic E-state index is 11.1. The van der Waals surface area contributed by atoms with Gasteiger partial charge in [-0.05, 0) is 105 Å². The van der Waals surface area contributed by atoms with Crippen LogP contribution < -0.4 is 10.6 Å². The molecule has 0 saturated carbocycles. The van der Waals surface area contributed by atoms with Gasteiger partial charge in [-0.2, -0.15) is 10.5 Å². The number of aromatic amines is 1. The summed E-state index contributed by atoms with van der Waals surface area (Å²) in [5.41, 5.74) is 10.2. The van der Waals surface area contributed by atoms with Crippen LogP contribution in [0.5, 0.6) is 0 Å². The molecule has 0 aliphatic rings. The molecule has 14 heteroatoms. The van der Waals surface area contributed by atoms with Gasteiger partial charge in [-0.15, -0.1) is 0 Å². The van der Waals surface area contributed by atoms with Gasteiger partial charge in [0.05, 0.1) is 16.3 Å². The zero-order valence-corrected chi connectivity index (χ0v) is 30.3. The standard InChI is InChI=1S/C18H16IN5.C18H16N6O2/c1-10-4-5-13(8-14(10)19)23-18-21-7-6-15(24-18)17-11(2)16(9-20)22-12(17)3;1-11-4-5-13(9-16(11)24(25)26)21-18-20-7-6-15(22-18)14-8-12(2)23(3)17(14)10-19/h4-8,22H,1-3H3,(H,21,23,24);4-9H,1-3H3,(H,20,21,22). The number of nitrogens with zero attached hydrogens (tertiary/aromatic N) is 8. The number of hydrogen-bond acceptors (Lipinski definition) is 10. The molecular weight excluding hydrogens is 745 g/mol. The second kappa shape index (κ2) is 15.0. The van der Waals surface area contributed by atoms with Crippen molar-refractivity contribution in [2.75, 3.05) is 10.6 Å². The fourth-order valence-electron chi connectivity index (χ4n) is 5.25. The van der Waals surface area contributed by atoms with E-state index in [0.717, 1.165) is 33.9 Å². The summed E-state index contributed by atoms with van der Waals surface area (Å²) < 4.78 is 2.98. The molecule has 6 aromatic rings. The van der Waals surface area contributed by atoms with E-state index in [1.807, 2.05) is 46.0 Å². The second-order valence-corrected chi connectivity index (χ2v) is 12.6. The predicted octanol–water partition coefficient (Wildman–Crippen LogP) is 8.24. The van der Waals surface area contributed by atoms with Gasteiger partial charge in [0, 0.05) is 68.5 Å². The van der Waals surface area contributed by atoms with Crippen LogP contribution in [0, 0.1) is 71.0 Å². The number of benzene rings is 2. The van der Waals surface area contributed by atoms with Gasteiger partial charge in [-0.25, -0.2) is 19.9 Å². The van der Waals surface area contributed by atoms with E-state index < -0.39 is 4.92 Å². The van der Waals surface area contributed by atoms with Gasteiger partial charge < -0.3 is 20.2 Å². The third kappa shape index (κ3) is 7.61. The number of aryl methyl sites for hydroxylation is 4. The Morgan fingerprint density at radius 2 is 1.44 bits per heavy atom. The van der Waals surface area contributed by atoms with Gasteiger partial charge in [-0.1, -0.05) is 12.1 Å². The molecule has 4 heterocycles. The number of nitro groups is 1. The maximum Gasteiger partial charge on any atom is 0.274 e. The van der Waals surface area contributed by atoms with Crippen molar-refractivity contribution in [3.8, 4) is 34.7 Å². The summed E-state index contributed by atoms with van der Waals surface area (Å²) in [7, 11) is 1.82. The van der Waals surface area contributed by atoms with Gasteiger partial charge >= 0.3 is 0 Å². The summed E-state index contributed by atoms with van der Waals surface area (Å²) in [6, 6.07) is 20.8. The minimum Gasteiger partial charge on any atom is -0.350 e. The number of nitrogens with one attached hydrogen (secondary N) is 3. The largest absolute Gasteiger partial charge is 0.350 e. The molecule has 50 heavy (non-hydrogen) atoms. The van der Waals surface area contributed by atoms with Crippen molar-refractivity contribution >= 4 is 51.5 Å². The third-order valence-corrected chi connectivity index (χ3v) is 9.22.